The smallest absolute Gasteiger partial charge is 0.317 e. The second-order valence-corrected chi connectivity index (χ2v) is 39.6. The van der Waals surface area contributed by atoms with E-state index in [-0.39, 0.29) is 17.5 Å². The summed E-state index contributed by atoms with van der Waals surface area (Å²) in [6.45, 7) is 28.5. The predicted octanol–water partition coefficient (Wildman–Crippen LogP) is 7.23. The fourth-order valence-corrected chi connectivity index (χ4v) is 41.5. The second-order valence-electron chi connectivity index (χ2n) is 17.8. The van der Waals surface area contributed by atoms with Gasteiger partial charge in [0.1, 0.15) is 6.10 Å². The molecule has 298 valence electrons. The minimum atomic E-state index is -2.45. The van der Waals surface area contributed by atoms with Crippen LogP contribution < -0.4 is 0 Å². The molecule has 2 aliphatic carbocycles. The normalized spacial score (nSPS) is 43.0. The van der Waals surface area contributed by atoms with Crippen LogP contribution in [0.1, 0.15) is 91.9 Å². The monoisotopic (exact) mass is 854 g/mol. The van der Waals surface area contributed by atoms with Crippen LogP contribution in [0, 0.1) is 35.0 Å². The fourth-order valence-electron chi connectivity index (χ4n) is 10.0. The van der Waals surface area contributed by atoms with E-state index in [1.807, 2.05) is 0 Å². The number of esters is 1. The minimum absolute atomic E-state index is 0.00104. The summed E-state index contributed by atoms with van der Waals surface area (Å²) < 4.78 is 57.6. The van der Waals surface area contributed by atoms with Gasteiger partial charge in [-0.05, 0) is 145 Å². The Labute approximate surface area is 323 Å². The summed E-state index contributed by atoms with van der Waals surface area (Å²) in [5, 5.41) is 0. The summed E-state index contributed by atoms with van der Waals surface area (Å²) in [5.41, 5.74) is 0.236. The first kappa shape index (κ1) is 44.6. The third kappa shape index (κ3) is 13.5. The van der Waals surface area contributed by atoms with E-state index in [4.69, 9.17) is 37.7 Å². The standard InChI is InChI=1S/C33H74O10Si8/c1-26-18-19-30(24-28(26)16-14-22-50(12)40-46(7)36-44(5)37-47(8)41-50)33(3,4)31-20-21-32(35-27(2)34)29(25-31)17-15-23-51(13)42-48(9)38-45(6)39-49(10,11)43-51/h26,28-32,44-48H,14-25H2,1-13H3. The first-order chi connectivity index (χ1) is 23.7. The molecule has 4 aliphatic rings. The van der Waals surface area contributed by atoms with Gasteiger partial charge in [0, 0.05) is 6.92 Å². The highest BCUT2D eigenvalue weighted by Gasteiger charge is 2.47. The molecule has 11 atom stereocenters. The van der Waals surface area contributed by atoms with Crippen molar-refractivity contribution in [2.75, 3.05) is 0 Å². The zero-order chi connectivity index (χ0) is 37.8. The van der Waals surface area contributed by atoms with Crippen LogP contribution >= 0.6 is 0 Å². The molecule has 2 saturated carbocycles. The van der Waals surface area contributed by atoms with E-state index in [2.05, 4.69) is 79.7 Å². The van der Waals surface area contributed by atoms with E-state index in [9.17, 15) is 4.79 Å². The molecule has 0 amide bonds. The van der Waals surface area contributed by atoms with Gasteiger partial charge in [0.2, 0.25) is 0 Å². The van der Waals surface area contributed by atoms with Crippen LogP contribution in [0.25, 0.3) is 0 Å². The Morgan fingerprint density at radius 1 is 0.686 bits per heavy atom. The summed E-state index contributed by atoms with van der Waals surface area (Å²) >= 11 is 0. The van der Waals surface area contributed by atoms with E-state index in [0.29, 0.717) is 17.8 Å². The summed E-state index contributed by atoms with van der Waals surface area (Å²) in [6, 6.07) is 1.95. The maximum Gasteiger partial charge on any atom is 0.317 e. The first-order valence-electron chi connectivity index (χ1n) is 20.2. The topological polar surface area (TPSA) is 100 Å². The van der Waals surface area contributed by atoms with Crippen LogP contribution in [0.5, 0.6) is 0 Å². The van der Waals surface area contributed by atoms with E-state index in [0.717, 1.165) is 62.4 Å². The molecule has 4 fully saturated rings. The van der Waals surface area contributed by atoms with E-state index < -0.39 is 72.1 Å². The van der Waals surface area contributed by atoms with Gasteiger partial charge < -0.3 is 37.7 Å². The lowest BCUT2D eigenvalue weighted by Crippen LogP contribution is -2.58. The van der Waals surface area contributed by atoms with Crippen LogP contribution in [0.15, 0.2) is 0 Å². The molecule has 2 saturated heterocycles. The van der Waals surface area contributed by atoms with Gasteiger partial charge in [-0.1, -0.05) is 46.5 Å². The molecule has 0 aromatic heterocycles. The Bertz CT molecular complexity index is 1110. The molecule has 10 nitrogen and oxygen atoms in total. The molecule has 18 heteroatoms. The lowest BCUT2D eigenvalue weighted by atomic mass is 9.56. The number of hydrogen-bond acceptors (Lipinski definition) is 10. The summed E-state index contributed by atoms with van der Waals surface area (Å²) in [4.78, 5) is 12.2. The Morgan fingerprint density at radius 3 is 1.75 bits per heavy atom. The highest BCUT2D eigenvalue weighted by Crippen LogP contribution is 2.53. The van der Waals surface area contributed by atoms with Gasteiger partial charge in [-0.15, -0.1) is 0 Å². The van der Waals surface area contributed by atoms with Gasteiger partial charge in [0.15, 0.2) is 0 Å². The van der Waals surface area contributed by atoms with Gasteiger partial charge in [0.05, 0.1) is 0 Å². The van der Waals surface area contributed by atoms with Crippen molar-refractivity contribution in [3.63, 3.8) is 0 Å². The van der Waals surface area contributed by atoms with Crippen LogP contribution in [0.4, 0.5) is 0 Å². The quantitative estimate of drug-likeness (QED) is 0.156. The Balaban J connectivity index is 1.36. The van der Waals surface area contributed by atoms with E-state index in [1.165, 1.54) is 25.7 Å². The molecule has 2 heterocycles. The third-order valence-electron chi connectivity index (χ3n) is 12.4. The molecule has 0 bridgehead atoms. The number of carbonyl (C=O) groups excluding carboxylic acids is 1. The Hall–Kier alpha value is 0.885. The van der Waals surface area contributed by atoms with E-state index in [1.54, 1.807) is 6.92 Å². The van der Waals surface area contributed by atoms with Gasteiger partial charge in [0.25, 0.3) is 46.4 Å². The second kappa shape index (κ2) is 18.9. The highest BCUT2D eigenvalue weighted by atomic mass is 28.5. The molecule has 0 radical (unpaired) electrons. The molecule has 2 aliphatic heterocycles. The lowest BCUT2D eigenvalue weighted by molar-refractivity contribution is -0.153. The average Bonchev–Trinajstić information content (AvgIpc) is 2.95. The maximum absolute atomic E-state index is 12.2. The van der Waals surface area contributed by atoms with Crippen molar-refractivity contribution in [1.82, 2.24) is 0 Å². The molecule has 0 aromatic carbocycles. The predicted molar refractivity (Wildman–Crippen MR) is 223 cm³/mol. The summed E-state index contributed by atoms with van der Waals surface area (Å²) in [5.74, 6) is 3.02. The maximum atomic E-state index is 12.2. The van der Waals surface area contributed by atoms with Crippen molar-refractivity contribution in [2.45, 2.75) is 169 Å². The third-order valence-corrected chi connectivity index (χ3v) is 41.4. The fraction of sp³-hybridized carbons (Fsp3) is 0.970. The molecular formula is C33H74O10Si8. The Morgan fingerprint density at radius 2 is 1.16 bits per heavy atom. The lowest BCUT2D eigenvalue weighted by Gasteiger charge is -2.50. The molecule has 11 unspecified atom stereocenters. The van der Waals surface area contributed by atoms with Crippen molar-refractivity contribution in [1.29, 1.82) is 0 Å². The van der Waals surface area contributed by atoms with Crippen molar-refractivity contribution < 1.29 is 42.5 Å². The van der Waals surface area contributed by atoms with Gasteiger partial charge >= 0.3 is 31.7 Å². The first-order valence-corrected chi connectivity index (χ1v) is 38.6. The molecule has 0 spiro atoms. The molecule has 0 N–H and O–H groups in total. The number of hydrogen-bond donors (Lipinski definition) is 0. The van der Waals surface area contributed by atoms with Gasteiger partial charge in [-0.25, -0.2) is 0 Å². The van der Waals surface area contributed by atoms with Crippen molar-refractivity contribution in [3.8, 4) is 0 Å². The van der Waals surface area contributed by atoms with Gasteiger partial charge in [-0.3, -0.25) is 4.79 Å². The van der Waals surface area contributed by atoms with E-state index >= 15 is 0 Å². The molecule has 51 heavy (non-hydrogen) atoms. The van der Waals surface area contributed by atoms with Crippen LogP contribution in [-0.4, -0.2) is 84.2 Å². The van der Waals surface area contributed by atoms with Crippen LogP contribution in [0.2, 0.25) is 71.0 Å². The number of carbonyl (C=O) groups is 1. The van der Waals surface area contributed by atoms with Crippen molar-refractivity contribution in [3.05, 3.63) is 0 Å². The molecular weight excluding hydrogens is 781 g/mol. The average molecular weight is 856 g/mol. The highest BCUT2D eigenvalue weighted by molar-refractivity contribution is 6.86. The van der Waals surface area contributed by atoms with Crippen molar-refractivity contribution in [2.24, 2.45) is 35.0 Å². The summed E-state index contributed by atoms with van der Waals surface area (Å²) in [7, 11) is -15.6. The number of rotatable bonds is 11. The largest absolute Gasteiger partial charge is 0.462 e. The Kier molecular flexibility index (Phi) is 16.5. The van der Waals surface area contributed by atoms with Crippen molar-refractivity contribution >= 4 is 78.1 Å². The SMILES string of the molecule is CC(=O)OC1CCC(C(C)(C)C2CCC(C)C(CCC[Si]3(C)O[SiH](C)O[SiH](C)O[SiH](C)O3)C2)CC1CCC[Si]1(C)O[SiH](C)O[SiH](C)O[Si](C)(C)O1. The molecule has 4 rings (SSSR count). The zero-order valence-corrected chi connectivity index (χ0v) is 43.2. The van der Waals surface area contributed by atoms with Crippen LogP contribution in [0.3, 0.4) is 0 Å². The number of ether oxygens (including phenoxy) is 1. The summed E-state index contributed by atoms with van der Waals surface area (Å²) in [6.07, 6.45) is 11.6. The van der Waals surface area contributed by atoms with Gasteiger partial charge in [-0.2, -0.15) is 0 Å². The zero-order valence-electron chi connectivity index (χ0n) is 34.4. The molecule has 0 aromatic rings. The van der Waals surface area contributed by atoms with Crippen LogP contribution in [-0.2, 0) is 42.5 Å². The minimum Gasteiger partial charge on any atom is -0.462 e.